The fraction of sp³-hybridized carbons (Fsp3) is 0.923. The van der Waals surface area contributed by atoms with Crippen LogP contribution in [-0.4, -0.2) is 27.3 Å². The Morgan fingerprint density at radius 3 is 1.84 bits per heavy atom. The number of unbranched alkanes of at least 4 members (excludes halogenated alkanes) is 11. The van der Waals surface area contributed by atoms with Crippen LogP contribution in [0.25, 0.3) is 10.4 Å². The summed E-state index contributed by atoms with van der Waals surface area (Å²) in [6.07, 6.45) is 20.2. The molecule has 1 rings (SSSR count). The second kappa shape index (κ2) is 14.4. The quantitative estimate of drug-likeness (QED) is 0.0640. The van der Waals surface area contributed by atoms with Crippen molar-refractivity contribution in [2.45, 2.75) is 148 Å². The molecular formula is C26H51N3O2Si. The summed E-state index contributed by atoms with van der Waals surface area (Å²) in [5.41, 5.74) is 9.00. The Kier molecular flexibility index (Phi) is 13.2. The van der Waals surface area contributed by atoms with E-state index in [9.17, 15) is 0 Å². The first kappa shape index (κ1) is 29.2. The van der Waals surface area contributed by atoms with E-state index in [1.807, 2.05) is 0 Å². The van der Waals surface area contributed by atoms with Crippen molar-refractivity contribution in [3.8, 4) is 0 Å². The van der Waals surface area contributed by atoms with Crippen molar-refractivity contribution in [2.75, 3.05) is 6.61 Å². The maximum absolute atomic E-state index is 9.00. The molecule has 0 radical (unpaired) electrons. The number of rotatable bonds is 14. The highest BCUT2D eigenvalue weighted by Gasteiger charge is 2.61. The van der Waals surface area contributed by atoms with Crippen LogP contribution < -0.4 is 0 Å². The van der Waals surface area contributed by atoms with Gasteiger partial charge in [0.2, 0.25) is 0 Å². The summed E-state index contributed by atoms with van der Waals surface area (Å²) < 4.78 is 13.2. The van der Waals surface area contributed by atoms with Crippen LogP contribution in [0.1, 0.15) is 126 Å². The van der Waals surface area contributed by atoms with E-state index in [-0.39, 0.29) is 22.2 Å². The zero-order valence-electron chi connectivity index (χ0n) is 22.2. The van der Waals surface area contributed by atoms with Gasteiger partial charge < -0.3 is 8.85 Å². The standard InChI is InChI=1S/C26H51N3O2Si/c1-8-9-10-11-12-13-14-15-16-17-18-19-20-21-24-23(28-29-27)22-30-32(31-24,25(2,3)4)26(5,6)7/h20-21,23-24H,8-19,22H2,1-7H3/t23-,24+/m0/s1. The summed E-state index contributed by atoms with van der Waals surface area (Å²) in [6, 6.07) is -0.293. The van der Waals surface area contributed by atoms with Gasteiger partial charge in [-0.1, -0.05) is 130 Å². The maximum atomic E-state index is 9.00. The summed E-state index contributed by atoms with van der Waals surface area (Å²) in [5, 5.41) is 3.83. The molecule has 5 nitrogen and oxygen atoms in total. The smallest absolute Gasteiger partial charge is 0.349 e. The van der Waals surface area contributed by atoms with E-state index < -0.39 is 8.56 Å². The van der Waals surface area contributed by atoms with E-state index in [4.69, 9.17) is 14.4 Å². The van der Waals surface area contributed by atoms with Gasteiger partial charge in [0.05, 0.1) is 12.1 Å². The van der Waals surface area contributed by atoms with Gasteiger partial charge in [0.25, 0.3) is 0 Å². The molecule has 1 aliphatic rings. The van der Waals surface area contributed by atoms with E-state index in [0.29, 0.717) is 6.61 Å². The minimum Gasteiger partial charge on any atom is -0.393 e. The molecule has 0 saturated carbocycles. The molecule has 32 heavy (non-hydrogen) atoms. The van der Waals surface area contributed by atoms with Crippen molar-refractivity contribution in [2.24, 2.45) is 5.11 Å². The molecule has 0 aromatic heterocycles. The second-order valence-corrected chi connectivity index (χ2v) is 16.3. The molecule has 0 bridgehead atoms. The zero-order chi connectivity index (χ0) is 24.1. The predicted molar refractivity (Wildman–Crippen MR) is 139 cm³/mol. The zero-order valence-corrected chi connectivity index (χ0v) is 23.2. The third-order valence-electron chi connectivity index (χ3n) is 6.61. The van der Waals surface area contributed by atoms with Gasteiger partial charge in [0.15, 0.2) is 0 Å². The average Bonchev–Trinajstić information content (AvgIpc) is 2.71. The summed E-state index contributed by atoms with van der Waals surface area (Å²) in [6.45, 7) is 16.0. The highest BCUT2D eigenvalue weighted by Crippen LogP contribution is 2.54. The maximum Gasteiger partial charge on any atom is 0.349 e. The van der Waals surface area contributed by atoms with Gasteiger partial charge in [0, 0.05) is 21.6 Å². The lowest BCUT2D eigenvalue weighted by molar-refractivity contribution is 0.0264. The Morgan fingerprint density at radius 2 is 1.38 bits per heavy atom. The van der Waals surface area contributed by atoms with Crippen LogP contribution in [-0.2, 0) is 8.85 Å². The van der Waals surface area contributed by atoms with E-state index in [1.54, 1.807) is 0 Å². The van der Waals surface area contributed by atoms with Crippen molar-refractivity contribution >= 4 is 8.56 Å². The Labute approximate surface area is 199 Å². The van der Waals surface area contributed by atoms with Crippen LogP contribution in [0.3, 0.4) is 0 Å². The monoisotopic (exact) mass is 465 g/mol. The molecule has 0 aromatic rings. The van der Waals surface area contributed by atoms with E-state index >= 15 is 0 Å². The highest BCUT2D eigenvalue weighted by molar-refractivity contribution is 6.73. The normalized spacial score (nSPS) is 21.6. The molecule has 0 spiro atoms. The summed E-state index contributed by atoms with van der Waals surface area (Å²) in [7, 11) is -2.56. The van der Waals surface area contributed by atoms with Crippen LogP contribution in [0.2, 0.25) is 10.1 Å². The van der Waals surface area contributed by atoms with Gasteiger partial charge in [-0.2, -0.15) is 0 Å². The number of hydrogen-bond acceptors (Lipinski definition) is 3. The fourth-order valence-electron chi connectivity index (χ4n) is 5.00. The molecule has 0 amide bonds. The molecule has 1 saturated heterocycles. The van der Waals surface area contributed by atoms with Crippen molar-refractivity contribution in [3.05, 3.63) is 22.6 Å². The number of hydrogen-bond donors (Lipinski definition) is 0. The van der Waals surface area contributed by atoms with Gasteiger partial charge in [-0.25, -0.2) is 0 Å². The number of allylic oxidation sites excluding steroid dienone is 1. The molecule has 0 aromatic carbocycles. The molecule has 6 heteroatoms. The van der Waals surface area contributed by atoms with Crippen LogP contribution in [0, 0.1) is 0 Å². The molecule has 186 valence electrons. The summed E-state index contributed by atoms with van der Waals surface area (Å²) in [4.78, 5) is 3.04. The van der Waals surface area contributed by atoms with Gasteiger partial charge >= 0.3 is 8.56 Å². The molecule has 2 atom stereocenters. The second-order valence-electron chi connectivity index (χ2n) is 11.5. The molecular weight excluding hydrogens is 414 g/mol. The van der Waals surface area contributed by atoms with Gasteiger partial charge in [-0.05, 0) is 18.4 Å². The Bertz CT molecular complexity index is 575. The molecule has 1 heterocycles. The minimum absolute atomic E-state index is 0.0747. The largest absolute Gasteiger partial charge is 0.393 e. The molecule has 1 aliphatic heterocycles. The Hall–Kier alpha value is -0.813. The van der Waals surface area contributed by atoms with Crippen molar-refractivity contribution in [1.29, 1.82) is 0 Å². The summed E-state index contributed by atoms with van der Waals surface area (Å²) in [5.74, 6) is 0. The Morgan fingerprint density at radius 1 is 0.875 bits per heavy atom. The van der Waals surface area contributed by atoms with Crippen LogP contribution in [0.4, 0.5) is 0 Å². The minimum atomic E-state index is -2.56. The lowest BCUT2D eigenvalue weighted by Gasteiger charge is -2.53. The van der Waals surface area contributed by atoms with Gasteiger partial charge in [-0.15, -0.1) is 0 Å². The van der Waals surface area contributed by atoms with Crippen LogP contribution in [0.5, 0.6) is 0 Å². The van der Waals surface area contributed by atoms with Gasteiger partial charge in [-0.3, -0.25) is 0 Å². The third-order valence-corrected chi connectivity index (χ3v) is 11.7. The first-order valence-corrected chi connectivity index (χ1v) is 14.9. The van der Waals surface area contributed by atoms with E-state index in [0.717, 1.165) is 6.42 Å². The summed E-state index contributed by atoms with van der Waals surface area (Å²) >= 11 is 0. The SMILES string of the molecule is CCCCCCCCCCCCCC=C[C@H]1O[Si](C(C)(C)C)(C(C)(C)C)OC[C@@H]1N=[N+]=[N-]. The molecule has 0 aliphatic carbocycles. The first-order chi connectivity index (χ1) is 15.1. The number of azide groups is 1. The highest BCUT2D eigenvalue weighted by atomic mass is 28.4. The lowest BCUT2D eigenvalue weighted by Crippen LogP contribution is -2.64. The topological polar surface area (TPSA) is 67.2 Å². The molecule has 1 fully saturated rings. The number of nitrogens with zero attached hydrogens (tertiary/aromatic N) is 3. The van der Waals surface area contributed by atoms with Crippen molar-refractivity contribution in [1.82, 2.24) is 0 Å². The van der Waals surface area contributed by atoms with Crippen LogP contribution >= 0.6 is 0 Å². The van der Waals surface area contributed by atoms with Crippen molar-refractivity contribution < 1.29 is 8.85 Å². The first-order valence-electron chi connectivity index (χ1n) is 13.1. The van der Waals surface area contributed by atoms with Crippen molar-refractivity contribution in [3.63, 3.8) is 0 Å². The molecule has 0 N–H and O–H groups in total. The van der Waals surface area contributed by atoms with Crippen LogP contribution in [0.15, 0.2) is 17.3 Å². The predicted octanol–water partition coefficient (Wildman–Crippen LogP) is 9.38. The van der Waals surface area contributed by atoms with E-state index in [1.165, 1.54) is 70.6 Å². The Balaban J connectivity index is 2.46. The van der Waals surface area contributed by atoms with E-state index in [2.05, 4.69) is 70.6 Å². The lowest BCUT2D eigenvalue weighted by atomic mass is 10.0. The fourth-order valence-corrected chi connectivity index (χ4v) is 9.92. The third kappa shape index (κ3) is 9.21. The van der Waals surface area contributed by atoms with Gasteiger partial charge in [0.1, 0.15) is 0 Å². The molecule has 0 unspecified atom stereocenters. The average molecular weight is 466 g/mol.